The predicted molar refractivity (Wildman–Crippen MR) is 72.0 cm³/mol. The monoisotopic (exact) mass is 293 g/mol. The third-order valence-electron chi connectivity index (χ3n) is 2.54. The Morgan fingerprint density at radius 3 is 2.89 bits per heavy atom. The van der Waals surface area contributed by atoms with Crippen molar-refractivity contribution >= 4 is 21.4 Å². The zero-order valence-corrected chi connectivity index (χ0v) is 11.8. The van der Waals surface area contributed by atoms with Gasteiger partial charge in [-0.15, -0.1) is 11.3 Å². The number of thiazole rings is 1. The highest BCUT2D eigenvalue weighted by Gasteiger charge is 2.15. The molecule has 7 heteroatoms. The smallest absolute Gasteiger partial charge is 0.240 e. The SMILES string of the molecule is Cc1ncsc1CNS(=O)(=O)c1cccc(C#N)c1. The van der Waals surface area contributed by atoms with Gasteiger partial charge in [0.1, 0.15) is 0 Å². The maximum absolute atomic E-state index is 12.1. The van der Waals surface area contributed by atoms with Gasteiger partial charge in [0.2, 0.25) is 10.0 Å². The normalized spacial score (nSPS) is 11.2. The molecule has 1 N–H and O–H groups in total. The van der Waals surface area contributed by atoms with Crippen molar-refractivity contribution in [2.45, 2.75) is 18.4 Å². The third kappa shape index (κ3) is 3.17. The Kier molecular flexibility index (Phi) is 3.95. The molecule has 1 heterocycles. The van der Waals surface area contributed by atoms with Gasteiger partial charge in [0.15, 0.2) is 0 Å². The van der Waals surface area contributed by atoms with Crippen LogP contribution in [0.2, 0.25) is 0 Å². The fraction of sp³-hybridized carbons (Fsp3) is 0.167. The molecule has 0 aliphatic heterocycles. The lowest BCUT2D eigenvalue weighted by Crippen LogP contribution is -2.23. The highest BCUT2D eigenvalue weighted by Crippen LogP contribution is 2.15. The molecule has 2 aromatic rings. The third-order valence-corrected chi connectivity index (χ3v) is 4.88. The lowest BCUT2D eigenvalue weighted by molar-refractivity contribution is 0.581. The van der Waals surface area contributed by atoms with E-state index in [4.69, 9.17) is 5.26 Å². The topological polar surface area (TPSA) is 82.8 Å². The van der Waals surface area contributed by atoms with Crippen LogP contribution in [0.4, 0.5) is 0 Å². The molecule has 0 unspecified atom stereocenters. The molecule has 0 atom stereocenters. The average Bonchev–Trinajstić information content (AvgIpc) is 2.82. The molecule has 1 aromatic carbocycles. The van der Waals surface area contributed by atoms with Gasteiger partial charge in [0.25, 0.3) is 0 Å². The lowest BCUT2D eigenvalue weighted by Gasteiger charge is -2.06. The predicted octanol–water partition coefficient (Wildman–Crippen LogP) is 1.80. The number of aryl methyl sites for hydroxylation is 1. The quantitative estimate of drug-likeness (QED) is 0.931. The van der Waals surface area contributed by atoms with Gasteiger partial charge < -0.3 is 0 Å². The van der Waals surface area contributed by atoms with E-state index in [2.05, 4.69) is 9.71 Å². The minimum absolute atomic E-state index is 0.0914. The number of hydrogen-bond donors (Lipinski definition) is 1. The van der Waals surface area contributed by atoms with E-state index in [0.717, 1.165) is 10.6 Å². The van der Waals surface area contributed by atoms with Crippen molar-refractivity contribution in [1.82, 2.24) is 9.71 Å². The number of rotatable bonds is 4. The summed E-state index contributed by atoms with van der Waals surface area (Å²) >= 11 is 1.40. The molecule has 0 aliphatic carbocycles. The van der Waals surface area contributed by atoms with Crippen molar-refractivity contribution in [3.8, 4) is 6.07 Å². The van der Waals surface area contributed by atoms with E-state index in [1.807, 2.05) is 13.0 Å². The van der Waals surface area contributed by atoms with Gasteiger partial charge in [-0.05, 0) is 25.1 Å². The van der Waals surface area contributed by atoms with Gasteiger partial charge in [-0.2, -0.15) is 5.26 Å². The van der Waals surface area contributed by atoms with E-state index >= 15 is 0 Å². The largest absolute Gasteiger partial charge is 0.250 e. The van der Waals surface area contributed by atoms with E-state index in [-0.39, 0.29) is 11.4 Å². The minimum atomic E-state index is -3.61. The zero-order valence-electron chi connectivity index (χ0n) is 10.1. The van der Waals surface area contributed by atoms with Gasteiger partial charge in [-0.25, -0.2) is 18.1 Å². The fourth-order valence-electron chi connectivity index (χ4n) is 1.47. The summed E-state index contributed by atoms with van der Waals surface area (Å²) in [4.78, 5) is 5.02. The Hall–Kier alpha value is -1.75. The van der Waals surface area contributed by atoms with Gasteiger partial charge in [0, 0.05) is 11.4 Å². The first-order valence-corrected chi connectivity index (χ1v) is 7.78. The number of nitrogens with zero attached hydrogens (tertiary/aromatic N) is 2. The molecule has 0 spiro atoms. The molecule has 0 saturated carbocycles. The standard InChI is InChI=1S/C12H11N3O2S2/c1-9-12(18-8-14-9)7-15-19(16,17)11-4-2-3-10(5-11)6-13/h2-5,8,15H,7H2,1H3. The van der Waals surface area contributed by atoms with Crippen LogP contribution in [0.15, 0.2) is 34.7 Å². The molecule has 1 aromatic heterocycles. The van der Waals surface area contributed by atoms with Gasteiger partial charge in [-0.1, -0.05) is 6.07 Å². The van der Waals surface area contributed by atoms with Crippen LogP contribution in [0.3, 0.4) is 0 Å². The summed E-state index contributed by atoms with van der Waals surface area (Å²) in [5.41, 5.74) is 2.81. The lowest BCUT2D eigenvalue weighted by atomic mass is 10.2. The Balaban J connectivity index is 2.19. The molecule has 0 bridgehead atoms. The van der Waals surface area contributed by atoms with E-state index in [9.17, 15) is 8.42 Å². The number of nitrogens with one attached hydrogen (secondary N) is 1. The maximum atomic E-state index is 12.1. The number of nitriles is 1. The Morgan fingerprint density at radius 1 is 1.47 bits per heavy atom. The first kappa shape index (κ1) is 13.7. The van der Waals surface area contributed by atoms with Crippen molar-refractivity contribution in [2.24, 2.45) is 0 Å². The van der Waals surface area contributed by atoms with E-state index < -0.39 is 10.0 Å². The maximum Gasteiger partial charge on any atom is 0.240 e. The molecular weight excluding hydrogens is 282 g/mol. The Bertz CT molecular complexity index is 729. The Morgan fingerprint density at radius 2 is 2.26 bits per heavy atom. The highest BCUT2D eigenvalue weighted by atomic mass is 32.2. The number of sulfonamides is 1. The van der Waals surface area contributed by atoms with Crippen molar-refractivity contribution in [1.29, 1.82) is 5.26 Å². The van der Waals surface area contributed by atoms with Crippen LogP contribution >= 0.6 is 11.3 Å². The summed E-state index contributed by atoms with van der Waals surface area (Å²) in [7, 11) is -3.61. The van der Waals surface area contributed by atoms with Gasteiger partial charge >= 0.3 is 0 Å². The summed E-state index contributed by atoms with van der Waals surface area (Å²) in [6.45, 7) is 2.03. The van der Waals surface area contributed by atoms with Crippen LogP contribution in [-0.2, 0) is 16.6 Å². The minimum Gasteiger partial charge on any atom is -0.250 e. The van der Waals surface area contributed by atoms with Crippen LogP contribution < -0.4 is 4.72 Å². The molecule has 0 amide bonds. The molecule has 2 rings (SSSR count). The summed E-state index contributed by atoms with van der Waals surface area (Å²) in [5, 5.41) is 8.77. The van der Waals surface area contributed by atoms with E-state index in [1.54, 1.807) is 17.6 Å². The second-order valence-corrected chi connectivity index (χ2v) is 6.53. The second kappa shape index (κ2) is 5.48. The van der Waals surface area contributed by atoms with Crippen LogP contribution in [0, 0.1) is 18.3 Å². The zero-order chi connectivity index (χ0) is 13.9. The van der Waals surface area contributed by atoms with Crippen LogP contribution in [-0.4, -0.2) is 13.4 Å². The molecule has 0 radical (unpaired) electrons. The van der Waals surface area contributed by atoms with Crippen LogP contribution in [0.1, 0.15) is 16.1 Å². The first-order chi connectivity index (χ1) is 9.03. The Labute approximate surface area is 115 Å². The molecule has 0 fully saturated rings. The summed E-state index contributed by atoms with van der Waals surface area (Å²) in [6.07, 6.45) is 0. The molecule has 98 valence electrons. The van der Waals surface area contributed by atoms with Crippen LogP contribution in [0.25, 0.3) is 0 Å². The van der Waals surface area contributed by atoms with Gasteiger partial charge in [-0.3, -0.25) is 0 Å². The van der Waals surface area contributed by atoms with E-state index in [1.165, 1.54) is 23.5 Å². The average molecular weight is 293 g/mol. The summed E-state index contributed by atoms with van der Waals surface area (Å²) in [6, 6.07) is 7.84. The first-order valence-electron chi connectivity index (χ1n) is 5.42. The summed E-state index contributed by atoms with van der Waals surface area (Å²) < 4.78 is 26.6. The van der Waals surface area contributed by atoms with E-state index in [0.29, 0.717) is 5.56 Å². The van der Waals surface area contributed by atoms with Crippen molar-refractivity contribution in [3.63, 3.8) is 0 Å². The van der Waals surface area contributed by atoms with Crippen molar-refractivity contribution < 1.29 is 8.42 Å². The number of benzene rings is 1. The van der Waals surface area contributed by atoms with Crippen molar-refractivity contribution in [3.05, 3.63) is 45.9 Å². The number of hydrogen-bond acceptors (Lipinski definition) is 5. The molecule has 0 saturated heterocycles. The molecule has 19 heavy (non-hydrogen) atoms. The molecule has 5 nitrogen and oxygen atoms in total. The highest BCUT2D eigenvalue weighted by molar-refractivity contribution is 7.89. The van der Waals surface area contributed by atoms with Crippen LogP contribution in [0.5, 0.6) is 0 Å². The fourth-order valence-corrected chi connectivity index (χ4v) is 3.32. The number of aromatic nitrogens is 1. The molecular formula is C12H11N3O2S2. The molecule has 0 aliphatic rings. The van der Waals surface area contributed by atoms with Gasteiger partial charge in [0.05, 0.1) is 27.7 Å². The summed E-state index contributed by atoms with van der Waals surface area (Å²) in [5.74, 6) is 0. The van der Waals surface area contributed by atoms with Crippen molar-refractivity contribution in [2.75, 3.05) is 0 Å². The second-order valence-electron chi connectivity index (χ2n) is 3.83.